The van der Waals surface area contributed by atoms with Gasteiger partial charge >= 0.3 is 0 Å². The number of hydrogen-bond donors (Lipinski definition) is 3. The predicted molar refractivity (Wildman–Crippen MR) is 188 cm³/mol. The summed E-state index contributed by atoms with van der Waals surface area (Å²) in [5.74, 6) is 0.201. The van der Waals surface area contributed by atoms with Gasteiger partial charge in [0, 0.05) is 27.1 Å². The number of methoxy groups -OCH3 is 2. The number of carbonyl (C=O) groups excluding carboxylic acids is 3. The van der Waals surface area contributed by atoms with Crippen molar-refractivity contribution in [3.8, 4) is 22.8 Å². The van der Waals surface area contributed by atoms with Crippen molar-refractivity contribution in [2.75, 3.05) is 24.9 Å². The van der Waals surface area contributed by atoms with E-state index in [1.165, 1.54) is 23.1 Å². The minimum absolute atomic E-state index is 0.0506. The minimum Gasteiger partial charge on any atom is -0.497 e. The van der Waals surface area contributed by atoms with E-state index >= 15 is 0 Å². The van der Waals surface area contributed by atoms with E-state index in [0.29, 0.717) is 27.7 Å². The number of nitrogens with one attached hydrogen (secondary N) is 3. The van der Waals surface area contributed by atoms with Crippen LogP contribution in [0.3, 0.4) is 0 Å². The number of thiazole rings is 1. The lowest BCUT2D eigenvalue weighted by molar-refractivity contribution is -0.115. The third kappa shape index (κ3) is 9.09. The van der Waals surface area contributed by atoms with Gasteiger partial charge in [0.05, 0.1) is 25.2 Å². The van der Waals surface area contributed by atoms with Gasteiger partial charge in [-0.3, -0.25) is 14.4 Å². The standard InChI is InChI=1S/C36H32N4O5S2/c1-23(33(41)40-36-39-32(22-46-36)26-13-8-16-29(20-26)45-3)47-30-17-9-14-27(21-30)37-35(43)31(19-24-10-7-15-28(18-24)44-2)38-34(42)25-11-5-4-6-12-25/h4-23H,1-3H3,(H,37,43)(H,38,42)(H,39,40,41)/b31-19-. The molecule has 0 aliphatic heterocycles. The lowest BCUT2D eigenvalue weighted by Gasteiger charge is -2.14. The Morgan fingerprint density at radius 2 is 1.55 bits per heavy atom. The Morgan fingerprint density at radius 3 is 2.32 bits per heavy atom. The van der Waals surface area contributed by atoms with Crippen molar-refractivity contribution in [1.29, 1.82) is 0 Å². The Bertz CT molecular complexity index is 1910. The third-order valence-corrected chi connectivity index (χ3v) is 8.66. The Morgan fingerprint density at radius 1 is 0.830 bits per heavy atom. The first-order chi connectivity index (χ1) is 22.8. The van der Waals surface area contributed by atoms with Gasteiger partial charge in [-0.2, -0.15) is 0 Å². The first-order valence-electron chi connectivity index (χ1n) is 14.5. The predicted octanol–water partition coefficient (Wildman–Crippen LogP) is 7.36. The van der Waals surface area contributed by atoms with E-state index in [1.54, 1.807) is 93.9 Å². The highest BCUT2D eigenvalue weighted by Gasteiger charge is 2.19. The zero-order chi connectivity index (χ0) is 33.2. The second kappa shape index (κ2) is 15.7. The normalized spacial score (nSPS) is 11.7. The Balaban J connectivity index is 1.26. The van der Waals surface area contributed by atoms with Crippen molar-refractivity contribution >= 4 is 57.7 Å². The fourth-order valence-electron chi connectivity index (χ4n) is 4.40. The van der Waals surface area contributed by atoms with Crippen molar-refractivity contribution in [2.45, 2.75) is 17.1 Å². The van der Waals surface area contributed by atoms with Crippen LogP contribution in [0, 0.1) is 0 Å². The largest absolute Gasteiger partial charge is 0.497 e. The molecular weight excluding hydrogens is 633 g/mol. The maximum atomic E-state index is 13.5. The van der Waals surface area contributed by atoms with Crippen LogP contribution in [0.25, 0.3) is 17.3 Å². The molecule has 1 atom stereocenters. The number of anilines is 2. The number of aromatic nitrogens is 1. The summed E-state index contributed by atoms with van der Waals surface area (Å²) in [4.78, 5) is 44.9. The monoisotopic (exact) mass is 664 g/mol. The highest BCUT2D eigenvalue weighted by molar-refractivity contribution is 8.00. The molecule has 9 nitrogen and oxygen atoms in total. The van der Waals surface area contributed by atoms with Crippen LogP contribution < -0.4 is 25.4 Å². The summed E-state index contributed by atoms with van der Waals surface area (Å²) in [5, 5.41) is 10.4. The van der Waals surface area contributed by atoms with E-state index in [4.69, 9.17) is 9.47 Å². The quantitative estimate of drug-likeness (QED) is 0.0943. The van der Waals surface area contributed by atoms with Gasteiger partial charge in [0.1, 0.15) is 17.2 Å². The number of nitrogens with zero attached hydrogens (tertiary/aromatic N) is 1. The summed E-state index contributed by atoms with van der Waals surface area (Å²) in [6, 6.07) is 30.5. The van der Waals surface area contributed by atoms with Crippen molar-refractivity contribution in [3.63, 3.8) is 0 Å². The van der Waals surface area contributed by atoms with Gasteiger partial charge in [-0.25, -0.2) is 4.98 Å². The molecule has 4 aromatic carbocycles. The molecule has 0 spiro atoms. The van der Waals surface area contributed by atoms with Crippen molar-refractivity contribution in [3.05, 3.63) is 125 Å². The minimum atomic E-state index is -0.513. The highest BCUT2D eigenvalue weighted by atomic mass is 32.2. The van der Waals surface area contributed by atoms with E-state index in [0.717, 1.165) is 21.9 Å². The fourth-order valence-corrected chi connectivity index (χ4v) is 6.05. The van der Waals surface area contributed by atoms with Gasteiger partial charge < -0.3 is 25.4 Å². The zero-order valence-electron chi connectivity index (χ0n) is 25.9. The Hall–Kier alpha value is -5.39. The average molecular weight is 665 g/mol. The highest BCUT2D eigenvalue weighted by Crippen LogP contribution is 2.30. The zero-order valence-corrected chi connectivity index (χ0v) is 27.5. The van der Waals surface area contributed by atoms with E-state index in [1.807, 2.05) is 41.8 Å². The molecule has 0 radical (unpaired) electrons. The van der Waals surface area contributed by atoms with Crippen LogP contribution in [0.4, 0.5) is 10.8 Å². The van der Waals surface area contributed by atoms with Crippen LogP contribution in [0.2, 0.25) is 0 Å². The maximum Gasteiger partial charge on any atom is 0.272 e. The smallest absolute Gasteiger partial charge is 0.272 e. The van der Waals surface area contributed by atoms with Crippen molar-refractivity contribution < 1.29 is 23.9 Å². The molecule has 238 valence electrons. The van der Waals surface area contributed by atoms with E-state index in [-0.39, 0.29) is 11.6 Å². The number of amides is 3. The molecule has 0 fully saturated rings. The molecule has 11 heteroatoms. The van der Waals surface area contributed by atoms with Crippen LogP contribution >= 0.6 is 23.1 Å². The molecule has 0 saturated heterocycles. The van der Waals surface area contributed by atoms with E-state index < -0.39 is 17.1 Å². The van der Waals surface area contributed by atoms with Gasteiger partial charge in [-0.05, 0) is 73.2 Å². The molecule has 3 amide bonds. The topological polar surface area (TPSA) is 119 Å². The molecule has 1 unspecified atom stereocenters. The molecule has 5 aromatic rings. The van der Waals surface area contributed by atoms with Gasteiger partial charge in [0.15, 0.2) is 5.13 Å². The lowest BCUT2D eigenvalue weighted by Crippen LogP contribution is -2.30. The molecule has 0 aliphatic rings. The van der Waals surface area contributed by atoms with Gasteiger partial charge in [-0.15, -0.1) is 23.1 Å². The number of carbonyl (C=O) groups is 3. The third-order valence-electron chi connectivity index (χ3n) is 6.81. The molecule has 1 aromatic heterocycles. The Labute approximate surface area is 281 Å². The van der Waals surface area contributed by atoms with Gasteiger partial charge in [0.25, 0.3) is 11.8 Å². The second-order valence-electron chi connectivity index (χ2n) is 10.2. The lowest BCUT2D eigenvalue weighted by atomic mass is 10.1. The van der Waals surface area contributed by atoms with Crippen LogP contribution in [0.1, 0.15) is 22.8 Å². The maximum absolute atomic E-state index is 13.5. The van der Waals surface area contributed by atoms with Crippen LogP contribution in [-0.2, 0) is 9.59 Å². The van der Waals surface area contributed by atoms with Crippen LogP contribution in [-0.4, -0.2) is 42.2 Å². The van der Waals surface area contributed by atoms with Gasteiger partial charge in [-0.1, -0.05) is 48.5 Å². The number of thioether (sulfide) groups is 1. The molecule has 1 heterocycles. The molecular formula is C36H32N4O5S2. The summed E-state index contributed by atoms with van der Waals surface area (Å²) < 4.78 is 10.6. The summed E-state index contributed by atoms with van der Waals surface area (Å²) in [6.07, 6.45) is 1.59. The van der Waals surface area contributed by atoms with Gasteiger partial charge in [0.2, 0.25) is 5.91 Å². The number of benzene rings is 4. The molecule has 5 rings (SSSR count). The van der Waals surface area contributed by atoms with E-state index in [2.05, 4.69) is 20.9 Å². The fraction of sp³-hybridized carbons (Fsp3) is 0.111. The first kappa shape index (κ1) is 33.0. The van der Waals surface area contributed by atoms with E-state index in [9.17, 15) is 14.4 Å². The summed E-state index contributed by atoms with van der Waals surface area (Å²) in [5.41, 5.74) is 3.27. The molecule has 0 aliphatic carbocycles. The van der Waals surface area contributed by atoms with Crippen molar-refractivity contribution in [1.82, 2.24) is 10.3 Å². The van der Waals surface area contributed by atoms with Crippen LogP contribution in [0.15, 0.2) is 119 Å². The van der Waals surface area contributed by atoms with Crippen LogP contribution in [0.5, 0.6) is 11.5 Å². The first-order valence-corrected chi connectivity index (χ1v) is 16.3. The molecule has 0 bridgehead atoms. The average Bonchev–Trinajstić information content (AvgIpc) is 3.57. The molecule has 0 saturated carbocycles. The van der Waals surface area contributed by atoms with Crippen molar-refractivity contribution in [2.24, 2.45) is 0 Å². The molecule has 3 N–H and O–H groups in total. The number of rotatable bonds is 12. The SMILES string of the molecule is COc1cccc(/C=C(\NC(=O)c2ccccc2)C(=O)Nc2cccc(SC(C)C(=O)Nc3nc(-c4cccc(OC)c4)cs3)c2)c1. The summed E-state index contributed by atoms with van der Waals surface area (Å²) in [6.45, 7) is 1.80. The summed E-state index contributed by atoms with van der Waals surface area (Å²) in [7, 11) is 3.17. The number of ether oxygens (including phenoxy) is 2. The summed E-state index contributed by atoms with van der Waals surface area (Å²) >= 11 is 2.69. The molecule has 47 heavy (non-hydrogen) atoms. The number of hydrogen-bond acceptors (Lipinski definition) is 8. The Kier molecular flexibility index (Phi) is 11.1. The second-order valence-corrected chi connectivity index (χ2v) is 12.4.